The third kappa shape index (κ3) is 3.59. The molecule has 1 heterocycles. The first kappa shape index (κ1) is 17.3. The van der Waals surface area contributed by atoms with Gasteiger partial charge in [0.05, 0.1) is 29.0 Å². The summed E-state index contributed by atoms with van der Waals surface area (Å²) >= 11 is 0. The van der Waals surface area contributed by atoms with Crippen LogP contribution in [-0.2, 0) is 0 Å². The van der Waals surface area contributed by atoms with Gasteiger partial charge in [-0.1, -0.05) is 42.5 Å². The lowest BCUT2D eigenvalue weighted by molar-refractivity contribution is -0.255. The molecular formula is C20H16N3O3-. The summed E-state index contributed by atoms with van der Waals surface area (Å²) in [6, 6.07) is 13.6. The molecule has 0 aliphatic rings. The van der Waals surface area contributed by atoms with E-state index in [9.17, 15) is 14.7 Å². The minimum atomic E-state index is -1.24. The number of aryl methyl sites for hydroxylation is 2. The van der Waals surface area contributed by atoms with E-state index in [1.54, 1.807) is 25.1 Å². The molecule has 130 valence electrons. The maximum absolute atomic E-state index is 12.4. The van der Waals surface area contributed by atoms with Crippen molar-refractivity contribution in [3.8, 4) is 0 Å². The van der Waals surface area contributed by atoms with Crippen LogP contribution in [0.1, 0.15) is 37.5 Å². The van der Waals surface area contributed by atoms with E-state index in [1.807, 2.05) is 25.1 Å². The third-order valence-corrected chi connectivity index (χ3v) is 4.01. The predicted molar refractivity (Wildman–Crippen MR) is 97.0 cm³/mol. The number of nitrogens with one attached hydrogen (secondary N) is 1. The van der Waals surface area contributed by atoms with Gasteiger partial charge >= 0.3 is 0 Å². The zero-order chi connectivity index (χ0) is 18.7. The molecule has 6 nitrogen and oxygen atoms in total. The largest absolute Gasteiger partial charge is 0.545 e. The third-order valence-electron chi connectivity index (χ3n) is 4.01. The van der Waals surface area contributed by atoms with Gasteiger partial charge in [0.2, 0.25) is 0 Å². The number of hydrogen-bond donors (Lipinski definition) is 1. The molecule has 0 spiro atoms. The highest BCUT2D eigenvalue weighted by Gasteiger charge is 2.11. The SMILES string of the molecule is Cc1nc2c(C)cccc2cc1C(=O)N/N=C\c1ccc(C(=O)[O-])cc1. The summed E-state index contributed by atoms with van der Waals surface area (Å²) in [6.45, 7) is 3.76. The van der Waals surface area contributed by atoms with Crippen molar-refractivity contribution in [2.45, 2.75) is 13.8 Å². The van der Waals surface area contributed by atoms with Crippen LogP contribution in [0.15, 0.2) is 53.6 Å². The van der Waals surface area contributed by atoms with E-state index in [1.165, 1.54) is 18.3 Å². The Morgan fingerprint density at radius 2 is 1.85 bits per heavy atom. The number of pyridine rings is 1. The van der Waals surface area contributed by atoms with Crippen LogP contribution in [0.2, 0.25) is 0 Å². The molecule has 2 aromatic carbocycles. The zero-order valence-electron chi connectivity index (χ0n) is 14.3. The number of para-hydroxylation sites is 1. The van der Waals surface area contributed by atoms with Gasteiger partial charge in [0, 0.05) is 5.39 Å². The molecule has 0 saturated carbocycles. The monoisotopic (exact) mass is 346 g/mol. The average molecular weight is 346 g/mol. The van der Waals surface area contributed by atoms with Crippen molar-refractivity contribution in [3.63, 3.8) is 0 Å². The molecule has 1 amide bonds. The number of rotatable bonds is 4. The molecule has 3 rings (SSSR count). The minimum absolute atomic E-state index is 0.0827. The second kappa shape index (κ2) is 7.14. The fraction of sp³-hybridized carbons (Fsp3) is 0.100. The molecule has 3 aromatic rings. The molecule has 0 aliphatic carbocycles. The van der Waals surface area contributed by atoms with Crippen LogP contribution < -0.4 is 10.5 Å². The van der Waals surface area contributed by atoms with Crippen LogP contribution in [0.3, 0.4) is 0 Å². The summed E-state index contributed by atoms with van der Waals surface area (Å²) < 4.78 is 0. The Hall–Kier alpha value is -3.54. The van der Waals surface area contributed by atoms with E-state index in [-0.39, 0.29) is 11.5 Å². The summed E-state index contributed by atoms with van der Waals surface area (Å²) in [5, 5.41) is 15.5. The van der Waals surface area contributed by atoms with Crippen molar-refractivity contribution in [2.75, 3.05) is 0 Å². The van der Waals surface area contributed by atoms with E-state index in [0.717, 1.165) is 16.5 Å². The van der Waals surface area contributed by atoms with Crippen LogP contribution in [0.25, 0.3) is 10.9 Å². The number of carboxylic acid groups (broad SMARTS) is 1. The highest BCUT2D eigenvalue weighted by Crippen LogP contribution is 2.19. The average Bonchev–Trinajstić information content (AvgIpc) is 2.62. The summed E-state index contributed by atoms with van der Waals surface area (Å²) in [6.07, 6.45) is 1.44. The van der Waals surface area contributed by atoms with E-state index >= 15 is 0 Å². The van der Waals surface area contributed by atoms with Gasteiger partial charge in [-0.3, -0.25) is 9.78 Å². The van der Waals surface area contributed by atoms with Crippen molar-refractivity contribution in [2.24, 2.45) is 5.10 Å². The molecule has 0 bridgehead atoms. The Morgan fingerprint density at radius 1 is 1.12 bits per heavy atom. The van der Waals surface area contributed by atoms with Gasteiger partial charge in [-0.05, 0) is 36.6 Å². The van der Waals surface area contributed by atoms with Crippen molar-refractivity contribution >= 4 is 29.0 Å². The van der Waals surface area contributed by atoms with Gasteiger partial charge in [0.25, 0.3) is 5.91 Å². The maximum Gasteiger partial charge on any atom is 0.273 e. The number of carbonyl (C=O) groups is 2. The molecule has 0 fully saturated rings. The summed E-state index contributed by atoms with van der Waals surface area (Å²) in [5.74, 6) is -1.60. The number of hydrogen-bond acceptors (Lipinski definition) is 5. The van der Waals surface area contributed by atoms with E-state index in [4.69, 9.17) is 0 Å². The van der Waals surface area contributed by atoms with Crippen molar-refractivity contribution in [3.05, 3.63) is 76.5 Å². The molecule has 6 heteroatoms. The molecule has 0 saturated heterocycles. The van der Waals surface area contributed by atoms with Gasteiger partial charge in [0.1, 0.15) is 0 Å². The van der Waals surface area contributed by atoms with Crippen molar-refractivity contribution in [1.82, 2.24) is 10.4 Å². The lowest BCUT2D eigenvalue weighted by Gasteiger charge is -2.07. The van der Waals surface area contributed by atoms with Gasteiger partial charge in [0.15, 0.2) is 0 Å². The highest BCUT2D eigenvalue weighted by molar-refractivity contribution is 5.99. The van der Waals surface area contributed by atoms with Crippen LogP contribution in [-0.4, -0.2) is 23.1 Å². The molecule has 0 aliphatic heterocycles. The Labute approximate surface area is 150 Å². The first-order chi connectivity index (χ1) is 12.5. The lowest BCUT2D eigenvalue weighted by atomic mass is 10.1. The quantitative estimate of drug-likeness (QED) is 0.577. The van der Waals surface area contributed by atoms with Crippen molar-refractivity contribution in [1.29, 1.82) is 0 Å². The first-order valence-corrected chi connectivity index (χ1v) is 7.97. The predicted octanol–water partition coefficient (Wildman–Crippen LogP) is 1.98. The number of benzene rings is 2. The molecule has 1 N–H and O–H groups in total. The second-order valence-electron chi connectivity index (χ2n) is 5.88. The van der Waals surface area contributed by atoms with E-state index in [2.05, 4.69) is 15.5 Å². The number of nitrogens with zero attached hydrogens (tertiary/aromatic N) is 2. The fourth-order valence-corrected chi connectivity index (χ4v) is 2.60. The number of fused-ring (bicyclic) bond motifs is 1. The Bertz CT molecular complexity index is 1020. The number of hydrazone groups is 1. The smallest absolute Gasteiger partial charge is 0.273 e. The Morgan fingerprint density at radius 3 is 2.54 bits per heavy atom. The van der Waals surface area contributed by atoms with Crippen LogP contribution in [0.5, 0.6) is 0 Å². The highest BCUT2D eigenvalue weighted by atomic mass is 16.4. The molecule has 0 radical (unpaired) electrons. The molecule has 1 aromatic heterocycles. The van der Waals surface area contributed by atoms with Gasteiger partial charge in [-0.25, -0.2) is 5.43 Å². The summed E-state index contributed by atoms with van der Waals surface area (Å²) in [7, 11) is 0. The fourth-order valence-electron chi connectivity index (χ4n) is 2.60. The number of aromatic carboxylic acids is 1. The number of carbonyl (C=O) groups excluding carboxylic acids is 2. The Balaban J connectivity index is 1.76. The first-order valence-electron chi connectivity index (χ1n) is 7.97. The topological polar surface area (TPSA) is 94.5 Å². The van der Waals surface area contributed by atoms with Crippen molar-refractivity contribution < 1.29 is 14.7 Å². The van der Waals surface area contributed by atoms with E-state index < -0.39 is 5.97 Å². The number of carboxylic acids is 1. The van der Waals surface area contributed by atoms with Gasteiger partial charge in [-0.2, -0.15) is 5.10 Å². The maximum atomic E-state index is 12.4. The molecule has 26 heavy (non-hydrogen) atoms. The van der Waals surface area contributed by atoms with Gasteiger partial charge < -0.3 is 9.90 Å². The standard InChI is InChI=1S/C20H17N3O3/c1-12-4-3-5-16-10-17(13(2)22-18(12)16)19(24)23-21-11-14-6-8-15(9-7-14)20(25)26/h3-11H,1-2H3,(H,23,24)(H,25,26)/p-1/b21-11-. The minimum Gasteiger partial charge on any atom is -0.545 e. The van der Waals surface area contributed by atoms with Crippen LogP contribution in [0, 0.1) is 13.8 Å². The summed E-state index contributed by atoms with van der Waals surface area (Å²) in [4.78, 5) is 27.6. The summed E-state index contributed by atoms with van der Waals surface area (Å²) in [5.41, 5.74) is 6.20. The molecule has 0 atom stereocenters. The lowest BCUT2D eigenvalue weighted by Crippen LogP contribution is -2.22. The zero-order valence-corrected chi connectivity index (χ0v) is 14.3. The normalized spacial score (nSPS) is 11.0. The van der Waals surface area contributed by atoms with Crippen LogP contribution >= 0.6 is 0 Å². The van der Waals surface area contributed by atoms with E-state index in [0.29, 0.717) is 16.8 Å². The number of amides is 1. The second-order valence-corrected chi connectivity index (χ2v) is 5.88. The molecule has 0 unspecified atom stereocenters. The van der Waals surface area contributed by atoms with Gasteiger partial charge in [-0.15, -0.1) is 0 Å². The van der Waals surface area contributed by atoms with Crippen LogP contribution in [0.4, 0.5) is 0 Å². The Kier molecular flexibility index (Phi) is 4.75. The molecular weight excluding hydrogens is 330 g/mol. The number of aromatic nitrogens is 1.